The molecule has 2 aromatic rings. The second-order valence-electron chi connectivity index (χ2n) is 9.09. The molecular formula is C23H26N6O5. The van der Waals surface area contributed by atoms with Gasteiger partial charge in [0.25, 0.3) is 11.8 Å². The molecule has 1 aromatic heterocycles. The fourth-order valence-corrected chi connectivity index (χ4v) is 5.21. The third-order valence-electron chi connectivity index (χ3n) is 7.28. The number of amides is 4. The van der Waals surface area contributed by atoms with Crippen molar-refractivity contribution in [3.8, 4) is 5.69 Å². The molecule has 1 aromatic carbocycles. The van der Waals surface area contributed by atoms with Crippen molar-refractivity contribution in [2.75, 3.05) is 13.2 Å². The quantitative estimate of drug-likeness (QED) is 0.609. The number of fused-ring (bicyclic) bond motifs is 1. The Morgan fingerprint density at radius 1 is 1.29 bits per heavy atom. The maximum Gasteiger partial charge on any atom is 0.276 e. The third-order valence-corrected chi connectivity index (χ3v) is 7.28. The summed E-state index contributed by atoms with van der Waals surface area (Å²) < 4.78 is 1.44. The Morgan fingerprint density at radius 3 is 2.85 bits per heavy atom. The number of hydrogen-bond acceptors (Lipinski definition) is 7. The summed E-state index contributed by atoms with van der Waals surface area (Å²) in [7, 11) is 0. The van der Waals surface area contributed by atoms with E-state index in [0.717, 1.165) is 18.4 Å². The molecule has 0 aliphatic carbocycles. The maximum absolute atomic E-state index is 13.1. The Bertz CT molecular complexity index is 1190. The first kappa shape index (κ1) is 22.2. The zero-order valence-corrected chi connectivity index (χ0v) is 18.9. The van der Waals surface area contributed by atoms with Crippen LogP contribution in [0.4, 0.5) is 0 Å². The van der Waals surface area contributed by atoms with Gasteiger partial charge in [0.15, 0.2) is 5.69 Å². The van der Waals surface area contributed by atoms with Gasteiger partial charge in [0.2, 0.25) is 11.8 Å². The molecule has 4 amide bonds. The maximum atomic E-state index is 13.1. The summed E-state index contributed by atoms with van der Waals surface area (Å²) in [6, 6.07) is 4.57. The molecular weight excluding hydrogens is 440 g/mol. The molecule has 2 fully saturated rings. The Hall–Kier alpha value is -3.60. The highest BCUT2D eigenvalue weighted by molar-refractivity contribution is 6.05. The standard InChI is InChI=1S/C23H26N6O5/c1-2-23(13-30)8-3-9-28(23)22(34)17-12-29(26-25-17)15-5-4-14-11-27(21(33)16(14)10-15)18-6-7-19(31)24-20(18)32/h4-5,10,12,18,30H,2-3,6-9,11,13H2,1H3,(H,24,31,32). The van der Waals surface area contributed by atoms with Crippen molar-refractivity contribution in [3.63, 3.8) is 0 Å². The summed E-state index contributed by atoms with van der Waals surface area (Å²) in [4.78, 5) is 53.0. The second kappa shape index (κ2) is 8.32. The number of nitrogens with zero attached hydrogens (tertiary/aromatic N) is 5. The van der Waals surface area contributed by atoms with Crippen LogP contribution in [-0.4, -0.2) is 78.3 Å². The molecule has 2 unspecified atom stereocenters. The van der Waals surface area contributed by atoms with Gasteiger partial charge in [-0.2, -0.15) is 0 Å². The Kier molecular flexibility index (Phi) is 5.43. The normalized spacial score (nSPS) is 24.5. The van der Waals surface area contributed by atoms with Gasteiger partial charge in [-0.15, -0.1) is 5.10 Å². The van der Waals surface area contributed by atoms with Crippen LogP contribution in [0.5, 0.6) is 0 Å². The van der Waals surface area contributed by atoms with Crippen LogP contribution in [-0.2, 0) is 16.1 Å². The number of rotatable bonds is 5. The number of imide groups is 1. The number of nitrogens with one attached hydrogen (secondary N) is 1. The van der Waals surface area contributed by atoms with Crippen LogP contribution < -0.4 is 5.32 Å². The summed E-state index contributed by atoms with van der Waals surface area (Å²) in [5, 5.41) is 20.3. The van der Waals surface area contributed by atoms with E-state index < -0.39 is 17.5 Å². The second-order valence-corrected chi connectivity index (χ2v) is 9.09. The monoisotopic (exact) mass is 466 g/mol. The lowest BCUT2D eigenvalue weighted by atomic mass is 9.94. The molecule has 2 N–H and O–H groups in total. The minimum atomic E-state index is -0.678. The molecule has 5 rings (SSSR count). The molecule has 0 radical (unpaired) electrons. The van der Waals surface area contributed by atoms with Crippen molar-refractivity contribution >= 4 is 23.6 Å². The summed E-state index contributed by atoms with van der Waals surface area (Å²) in [5.41, 5.74) is 1.40. The fraction of sp³-hybridized carbons (Fsp3) is 0.478. The van der Waals surface area contributed by atoms with E-state index >= 15 is 0 Å². The average Bonchev–Trinajstić information content (AvgIpc) is 3.56. The first-order valence-corrected chi connectivity index (χ1v) is 11.5. The number of benzene rings is 1. The number of aliphatic hydroxyl groups is 1. The van der Waals surface area contributed by atoms with Crippen LogP contribution in [0.25, 0.3) is 5.69 Å². The van der Waals surface area contributed by atoms with Gasteiger partial charge in [0.1, 0.15) is 6.04 Å². The molecule has 0 saturated carbocycles. The van der Waals surface area contributed by atoms with Crippen molar-refractivity contribution in [3.05, 3.63) is 41.2 Å². The van der Waals surface area contributed by atoms with Crippen LogP contribution in [0.1, 0.15) is 65.4 Å². The molecule has 0 spiro atoms. The van der Waals surface area contributed by atoms with Gasteiger partial charge in [0, 0.05) is 25.1 Å². The topological polar surface area (TPSA) is 138 Å². The van der Waals surface area contributed by atoms with E-state index in [-0.39, 0.29) is 43.0 Å². The predicted octanol–water partition coefficient (Wildman–Crippen LogP) is 0.405. The minimum absolute atomic E-state index is 0.0972. The van der Waals surface area contributed by atoms with Crippen LogP contribution in [0.2, 0.25) is 0 Å². The van der Waals surface area contributed by atoms with E-state index in [4.69, 9.17) is 0 Å². The van der Waals surface area contributed by atoms with E-state index in [0.29, 0.717) is 30.6 Å². The number of aliphatic hydroxyl groups excluding tert-OH is 1. The lowest BCUT2D eigenvalue weighted by molar-refractivity contribution is -0.136. The average molecular weight is 466 g/mol. The summed E-state index contributed by atoms with van der Waals surface area (Å²) >= 11 is 0. The van der Waals surface area contributed by atoms with Gasteiger partial charge < -0.3 is 14.9 Å². The lowest BCUT2D eigenvalue weighted by Crippen LogP contribution is -2.52. The van der Waals surface area contributed by atoms with E-state index in [1.54, 1.807) is 23.1 Å². The molecule has 2 saturated heterocycles. The molecule has 2 atom stereocenters. The first-order chi connectivity index (χ1) is 16.4. The van der Waals surface area contributed by atoms with Crippen LogP contribution in [0.3, 0.4) is 0 Å². The molecule has 0 bridgehead atoms. The van der Waals surface area contributed by atoms with E-state index in [1.807, 2.05) is 6.92 Å². The number of piperidine rings is 1. The molecule has 3 aliphatic rings. The highest BCUT2D eigenvalue weighted by Gasteiger charge is 2.43. The van der Waals surface area contributed by atoms with Crippen LogP contribution in [0, 0.1) is 0 Å². The molecule has 3 aliphatic heterocycles. The smallest absolute Gasteiger partial charge is 0.276 e. The van der Waals surface area contributed by atoms with E-state index in [1.165, 1.54) is 15.8 Å². The SMILES string of the molecule is CCC1(CO)CCCN1C(=O)c1cn(-c2ccc3c(c2)C(=O)N(C2CCC(=O)NC2=O)C3)nn1. The fourth-order valence-electron chi connectivity index (χ4n) is 5.21. The van der Waals surface area contributed by atoms with Crippen molar-refractivity contribution in [2.45, 2.75) is 57.2 Å². The molecule has 11 heteroatoms. The molecule has 4 heterocycles. The van der Waals surface area contributed by atoms with Crippen LogP contribution >= 0.6 is 0 Å². The van der Waals surface area contributed by atoms with Gasteiger partial charge in [-0.1, -0.05) is 18.2 Å². The number of likely N-dealkylation sites (tertiary alicyclic amines) is 1. The first-order valence-electron chi connectivity index (χ1n) is 11.5. The summed E-state index contributed by atoms with van der Waals surface area (Å²) in [6.45, 7) is 2.71. The highest BCUT2D eigenvalue weighted by atomic mass is 16.3. The third kappa shape index (κ3) is 3.47. The summed E-state index contributed by atoms with van der Waals surface area (Å²) in [5.74, 6) is -1.34. The van der Waals surface area contributed by atoms with Crippen molar-refractivity contribution in [2.24, 2.45) is 0 Å². The van der Waals surface area contributed by atoms with Crippen molar-refractivity contribution in [1.82, 2.24) is 30.1 Å². The zero-order chi connectivity index (χ0) is 24.0. The highest BCUT2D eigenvalue weighted by Crippen LogP contribution is 2.33. The largest absolute Gasteiger partial charge is 0.394 e. The number of carbonyl (C=O) groups excluding carboxylic acids is 4. The molecule has 11 nitrogen and oxygen atoms in total. The number of hydrogen-bond donors (Lipinski definition) is 2. The summed E-state index contributed by atoms with van der Waals surface area (Å²) in [6.07, 6.45) is 4.25. The van der Waals surface area contributed by atoms with Gasteiger partial charge >= 0.3 is 0 Å². The van der Waals surface area contributed by atoms with Gasteiger partial charge in [-0.3, -0.25) is 24.5 Å². The Labute approximate surface area is 195 Å². The lowest BCUT2D eigenvalue weighted by Gasteiger charge is -2.35. The van der Waals surface area contributed by atoms with Gasteiger partial charge in [0.05, 0.1) is 24.0 Å². The van der Waals surface area contributed by atoms with Crippen molar-refractivity contribution in [1.29, 1.82) is 0 Å². The Morgan fingerprint density at radius 2 is 2.12 bits per heavy atom. The van der Waals surface area contributed by atoms with Gasteiger partial charge in [-0.05, 0) is 43.4 Å². The molecule has 34 heavy (non-hydrogen) atoms. The number of aromatic nitrogens is 3. The zero-order valence-electron chi connectivity index (χ0n) is 18.9. The minimum Gasteiger partial charge on any atom is -0.394 e. The molecule has 178 valence electrons. The predicted molar refractivity (Wildman–Crippen MR) is 118 cm³/mol. The van der Waals surface area contributed by atoms with Crippen molar-refractivity contribution < 1.29 is 24.3 Å². The Balaban J connectivity index is 1.36. The number of carbonyl (C=O) groups is 4. The van der Waals surface area contributed by atoms with Crippen LogP contribution in [0.15, 0.2) is 24.4 Å². The van der Waals surface area contributed by atoms with E-state index in [9.17, 15) is 24.3 Å². The van der Waals surface area contributed by atoms with E-state index in [2.05, 4.69) is 15.6 Å². The van der Waals surface area contributed by atoms with Gasteiger partial charge in [-0.25, -0.2) is 4.68 Å².